The third-order valence-electron chi connectivity index (χ3n) is 2.51. The van der Waals surface area contributed by atoms with E-state index in [0.717, 1.165) is 5.56 Å². The number of benzene rings is 1. The van der Waals surface area contributed by atoms with Crippen LogP contribution in [0.4, 0.5) is 13.2 Å². The number of hydrogen-bond donors (Lipinski definition) is 0. The number of allylic oxidation sites excluding steroid dienone is 1. The molecule has 1 aromatic carbocycles. The molecule has 0 saturated carbocycles. The van der Waals surface area contributed by atoms with Crippen LogP contribution < -0.4 is 0 Å². The standard InChI is InChI=1S/C13H13Br2F3/c1-12(2,3)9-6-4-8(5-7-9)10(11(14)15)13(16,17)18/h4-7H,1-3H3. The van der Waals surface area contributed by atoms with Gasteiger partial charge in [0, 0.05) is 0 Å². The summed E-state index contributed by atoms with van der Waals surface area (Å²) in [6, 6.07) is 6.44. The molecule has 1 aromatic rings. The molecule has 5 heteroatoms. The lowest BCUT2D eigenvalue weighted by Gasteiger charge is -2.20. The fourth-order valence-electron chi connectivity index (χ4n) is 1.52. The topological polar surface area (TPSA) is 0 Å². The molecule has 0 aromatic heterocycles. The van der Waals surface area contributed by atoms with Crippen LogP contribution in [-0.2, 0) is 5.41 Å². The highest BCUT2D eigenvalue weighted by molar-refractivity contribution is 9.28. The van der Waals surface area contributed by atoms with Crippen LogP contribution in [0.25, 0.3) is 5.57 Å². The van der Waals surface area contributed by atoms with Gasteiger partial charge in [0.05, 0.1) is 8.96 Å². The van der Waals surface area contributed by atoms with E-state index in [9.17, 15) is 13.2 Å². The predicted octanol–water partition coefficient (Wildman–Crippen LogP) is 6.00. The lowest BCUT2D eigenvalue weighted by atomic mass is 9.86. The van der Waals surface area contributed by atoms with E-state index in [1.54, 1.807) is 12.1 Å². The van der Waals surface area contributed by atoms with Crippen LogP contribution >= 0.6 is 31.9 Å². The maximum Gasteiger partial charge on any atom is 0.418 e. The monoisotopic (exact) mass is 384 g/mol. The third kappa shape index (κ3) is 3.85. The van der Waals surface area contributed by atoms with Crippen LogP contribution in [0.2, 0.25) is 0 Å². The summed E-state index contributed by atoms with van der Waals surface area (Å²) in [4.78, 5) is 0. The van der Waals surface area contributed by atoms with Crippen LogP contribution in [-0.4, -0.2) is 6.18 Å². The molecule has 0 spiro atoms. The van der Waals surface area contributed by atoms with E-state index in [4.69, 9.17) is 0 Å². The Labute approximate surface area is 122 Å². The predicted molar refractivity (Wildman–Crippen MR) is 76.0 cm³/mol. The zero-order valence-corrected chi connectivity index (χ0v) is 13.4. The minimum Gasteiger partial charge on any atom is -0.166 e. The maximum atomic E-state index is 12.9. The second-order valence-corrected chi connectivity index (χ2v) is 7.61. The molecule has 0 aliphatic rings. The highest BCUT2D eigenvalue weighted by Crippen LogP contribution is 2.40. The summed E-state index contributed by atoms with van der Waals surface area (Å²) in [6.45, 7) is 6.05. The number of rotatable bonds is 1. The Morgan fingerprint density at radius 3 is 1.67 bits per heavy atom. The van der Waals surface area contributed by atoms with Crippen LogP contribution in [0, 0.1) is 0 Å². The average Bonchev–Trinajstić information content (AvgIpc) is 2.13. The molecule has 100 valence electrons. The van der Waals surface area contributed by atoms with E-state index in [1.807, 2.05) is 20.8 Å². The Morgan fingerprint density at radius 1 is 0.944 bits per heavy atom. The van der Waals surface area contributed by atoms with Crippen molar-refractivity contribution in [3.05, 3.63) is 38.8 Å². The summed E-state index contributed by atoms with van der Waals surface area (Å²) in [5, 5.41) is 0. The van der Waals surface area contributed by atoms with Gasteiger partial charge in [0.1, 0.15) is 0 Å². The molecule has 0 heterocycles. The van der Waals surface area contributed by atoms with Crippen molar-refractivity contribution in [3.8, 4) is 0 Å². The Bertz CT molecular complexity index is 447. The molecule has 0 nitrogen and oxygen atoms in total. The van der Waals surface area contributed by atoms with E-state index >= 15 is 0 Å². The van der Waals surface area contributed by atoms with E-state index in [1.165, 1.54) is 12.1 Å². The van der Waals surface area contributed by atoms with Gasteiger partial charge >= 0.3 is 6.18 Å². The third-order valence-corrected chi connectivity index (χ3v) is 3.31. The first-order chi connectivity index (χ1) is 8.03. The number of hydrogen-bond acceptors (Lipinski definition) is 0. The molecule has 0 bridgehead atoms. The molecule has 0 atom stereocenters. The second-order valence-electron chi connectivity index (χ2n) is 4.96. The minimum atomic E-state index is -4.40. The molecule has 0 aliphatic carbocycles. The molecule has 0 unspecified atom stereocenters. The van der Waals surface area contributed by atoms with Crippen LogP contribution in [0.15, 0.2) is 27.7 Å². The summed E-state index contributed by atoms with van der Waals surface area (Å²) < 4.78 is 38.5. The molecule has 18 heavy (non-hydrogen) atoms. The van der Waals surface area contributed by atoms with Crippen molar-refractivity contribution in [1.82, 2.24) is 0 Å². The van der Waals surface area contributed by atoms with Gasteiger partial charge in [0.2, 0.25) is 0 Å². The molecular formula is C13H13Br2F3. The van der Waals surface area contributed by atoms with Crippen molar-refractivity contribution in [1.29, 1.82) is 0 Å². The van der Waals surface area contributed by atoms with Gasteiger partial charge < -0.3 is 0 Å². The maximum absolute atomic E-state index is 12.9. The Morgan fingerprint density at radius 2 is 1.39 bits per heavy atom. The largest absolute Gasteiger partial charge is 0.418 e. The van der Waals surface area contributed by atoms with Crippen molar-refractivity contribution in [3.63, 3.8) is 0 Å². The summed E-state index contributed by atoms with van der Waals surface area (Å²) in [7, 11) is 0. The zero-order chi connectivity index (χ0) is 14.1. The highest BCUT2D eigenvalue weighted by Gasteiger charge is 2.36. The molecule has 1 rings (SSSR count). The van der Waals surface area contributed by atoms with Gasteiger partial charge in [-0.05, 0) is 48.4 Å². The average molecular weight is 386 g/mol. The highest BCUT2D eigenvalue weighted by atomic mass is 79.9. The van der Waals surface area contributed by atoms with Gasteiger partial charge in [-0.1, -0.05) is 45.0 Å². The summed E-state index contributed by atoms with van der Waals surface area (Å²) >= 11 is 5.70. The summed E-state index contributed by atoms with van der Waals surface area (Å²) in [5.74, 6) is 0. The van der Waals surface area contributed by atoms with Gasteiger partial charge in [-0.2, -0.15) is 13.2 Å². The van der Waals surface area contributed by atoms with Crippen LogP contribution in [0.3, 0.4) is 0 Å². The molecule has 0 N–H and O–H groups in total. The van der Waals surface area contributed by atoms with Crippen molar-refractivity contribution in [2.75, 3.05) is 0 Å². The first-order valence-electron chi connectivity index (χ1n) is 5.27. The van der Waals surface area contributed by atoms with Crippen LogP contribution in [0.1, 0.15) is 31.9 Å². The fourth-order valence-corrected chi connectivity index (χ4v) is 2.42. The van der Waals surface area contributed by atoms with Crippen molar-refractivity contribution in [2.24, 2.45) is 0 Å². The molecule has 0 amide bonds. The molecule has 0 fully saturated rings. The smallest absolute Gasteiger partial charge is 0.166 e. The first kappa shape index (κ1) is 15.8. The quantitative estimate of drug-likeness (QED) is 0.555. The Balaban J connectivity index is 3.24. The lowest BCUT2D eigenvalue weighted by molar-refractivity contribution is -0.0688. The Hall–Kier alpha value is -0.290. The first-order valence-corrected chi connectivity index (χ1v) is 6.85. The van der Waals surface area contributed by atoms with Crippen molar-refractivity contribution >= 4 is 37.4 Å². The SMILES string of the molecule is CC(C)(C)c1ccc(C(=C(Br)Br)C(F)(F)F)cc1. The van der Waals surface area contributed by atoms with Gasteiger partial charge in [0.15, 0.2) is 0 Å². The lowest BCUT2D eigenvalue weighted by Crippen LogP contribution is -2.13. The summed E-state index contributed by atoms with van der Waals surface area (Å²) in [6.07, 6.45) is -4.40. The summed E-state index contributed by atoms with van der Waals surface area (Å²) in [5.41, 5.74) is 0.354. The van der Waals surface area contributed by atoms with Gasteiger partial charge in [-0.15, -0.1) is 0 Å². The molecular weight excluding hydrogens is 373 g/mol. The minimum absolute atomic E-state index is 0.0771. The Kier molecular flexibility index (Phi) is 4.70. The van der Waals surface area contributed by atoms with Gasteiger partial charge in [-0.3, -0.25) is 0 Å². The number of alkyl halides is 3. The van der Waals surface area contributed by atoms with Gasteiger partial charge in [0.25, 0.3) is 0 Å². The fraction of sp³-hybridized carbons (Fsp3) is 0.385. The van der Waals surface area contributed by atoms with Crippen molar-refractivity contribution < 1.29 is 13.2 Å². The van der Waals surface area contributed by atoms with Gasteiger partial charge in [-0.25, -0.2) is 0 Å². The van der Waals surface area contributed by atoms with Crippen LogP contribution in [0.5, 0.6) is 0 Å². The van der Waals surface area contributed by atoms with E-state index < -0.39 is 11.7 Å². The molecule has 0 aliphatic heterocycles. The van der Waals surface area contributed by atoms with Crippen molar-refractivity contribution in [2.45, 2.75) is 32.4 Å². The zero-order valence-electron chi connectivity index (χ0n) is 10.2. The number of halogens is 5. The van der Waals surface area contributed by atoms with E-state index in [0.29, 0.717) is 0 Å². The van der Waals surface area contributed by atoms with E-state index in [2.05, 4.69) is 31.9 Å². The normalized spacial score (nSPS) is 12.4. The molecule has 0 radical (unpaired) electrons. The van der Waals surface area contributed by atoms with E-state index in [-0.39, 0.29) is 14.4 Å². The molecule has 0 saturated heterocycles. The second kappa shape index (κ2) is 5.37.